The van der Waals surface area contributed by atoms with Gasteiger partial charge in [-0.25, -0.2) is 8.78 Å². The lowest BCUT2D eigenvalue weighted by Crippen LogP contribution is -2.10. The first-order valence-electron chi connectivity index (χ1n) is 3.19. The van der Waals surface area contributed by atoms with E-state index in [2.05, 4.69) is 21.0 Å². The second kappa shape index (κ2) is 4.18. The first-order valence-corrected chi connectivity index (χ1v) is 4.52. The highest BCUT2D eigenvalue weighted by Gasteiger charge is 2.11. The van der Waals surface area contributed by atoms with E-state index in [1.54, 1.807) is 0 Å². The second-order valence-corrected chi connectivity index (χ2v) is 3.27. The van der Waals surface area contributed by atoms with E-state index in [-0.39, 0.29) is 5.88 Å². The fraction of sp³-hybridized carbons (Fsp3) is 0.500. The van der Waals surface area contributed by atoms with Crippen molar-refractivity contribution in [3.05, 3.63) is 16.4 Å². The van der Waals surface area contributed by atoms with Gasteiger partial charge in [0.05, 0.1) is 22.2 Å². The molecule has 1 rings (SSSR count). The summed E-state index contributed by atoms with van der Waals surface area (Å²) in [7, 11) is 0. The summed E-state index contributed by atoms with van der Waals surface area (Å²) in [5.41, 5.74) is 0.581. The van der Waals surface area contributed by atoms with Gasteiger partial charge in [-0.2, -0.15) is 5.10 Å². The third-order valence-electron chi connectivity index (χ3n) is 1.34. The maximum absolute atomic E-state index is 11.9. The van der Waals surface area contributed by atoms with Gasteiger partial charge >= 0.3 is 0 Å². The maximum atomic E-state index is 11.9. The summed E-state index contributed by atoms with van der Waals surface area (Å²) in [4.78, 5) is 0. The summed E-state index contributed by atoms with van der Waals surface area (Å²) >= 11 is 8.68. The van der Waals surface area contributed by atoms with Gasteiger partial charge in [0.1, 0.15) is 6.54 Å². The largest absolute Gasteiger partial charge is 0.261 e. The minimum Gasteiger partial charge on any atom is -0.261 e. The molecule has 6 heteroatoms. The topological polar surface area (TPSA) is 17.8 Å². The molecule has 68 valence electrons. The van der Waals surface area contributed by atoms with Crippen molar-refractivity contribution in [2.24, 2.45) is 0 Å². The number of nitrogens with zero attached hydrogens (tertiary/aromatic N) is 2. The SMILES string of the molecule is FC(F)Cn1ncc(Br)c1CCl. The van der Waals surface area contributed by atoms with Gasteiger partial charge < -0.3 is 0 Å². The van der Waals surface area contributed by atoms with Crippen molar-refractivity contribution in [3.63, 3.8) is 0 Å². The molecule has 0 aliphatic rings. The number of aromatic nitrogens is 2. The molecular weight excluding hydrogens is 253 g/mol. The third-order valence-corrected chi connectivity index (χ3v) is 2.25. The molecule has 0 aliphatic heterocycles. The molecular formula is C6H6BrClF2N2. The Kier molecular flexibility index (Phi) is 3.46. The molecule has 12 heavy (non-hydrogen) atoms. The van der Waals surface area contributed by atoms with Gasteiger partial charge in [0, 0.05) is 0 Å². The summed E-state index contributed by atoms with van der Waals surface area (Å²) in [5, 5.41) is 3.73. The average molecular weight is 259 g/mol. The van der Waals surface area contributed by atoms with Crippen molar-refractivity contribution in [1.29, 1.82) is 0 Å². The van der Waals surface area contributed by atoms with Gasteiger partial charge in [0.15, 0.2) is 0 Å². The third kappa shape index (κ3) is 2.17. The molecule has 0 spiro atoms. The van der Waals surface area contributed by atoms with Crippen molar-refractivity contribution in [2.45, 2.75) is 18.9 Å². The van der Waals surface area contributed by atoms with Crippen molar-refractivity contribution in [1.82, 2.24) is 9.78 Å². The lowest BCUT2D eigenvalue weighted by Gasteiger charge is -2.03. The summed E-state index contributed by atoms with van der Waals surface area (Å²) in [6.45, 7) is -0.409. The fourth-order valence-electron chi connectivity index (χ4n) is 0.809. The molecule has 0 saturated heterocycles. The average Bonchev–Trinajstić information content (AvgIpc) is 2.30. The van der Waals surface area contributed by atoms with E-state index in [0.717, 1.165) is 0 Å². The molecule has 0 amide bonds. The Bertz CT molecular complexity index is 264. The van der Waals surface area contributed by atoms with Crippen molar-refractivity contribution in [3.8, 4) is 0 Å². The van der Waals surface area contributed by atoms with E-state index in [1.165, 1.54) is 10.9 Å². The van der Waals surface area contributed by atoms with E-state index in [1.807, 2.05) is 0 Å². The molecule has 2 nitrogen and oxygen atoms in total. The van der Waals surface area contributed by atoms with E-state index in [9.17, 15) is 8.78 Å². The van der Waals surface area contributed by atoms with Crippen LogP contribution in [-0.2, 0) is 12.4 Å². The number of hydrogen-bond donors (Lipinski definition) is 0. The minimum atomic E-state index is -2.40. The first-order chi connectivity index (χ1) is 5.65. The Morgan fingerprint density at radius 2 is 2.33 bits per heavy atom. The normalized spacial score (nSPS) is 11.1. The van der Waals surface area contributed by atoms with Gasteiger partial charge in [-0.15, -0.1) is 11.6 Å². The highest BCUT2D eigenvalue weighted by Crippen LogP contribution is 2.18. The molecule has 0 atom stereocenters. The summed E-state index contributed by atoms with van der Waals surface area (Å²) in [5.74, 6) is 0.174. The zero-order valence-corrected chi connectivity index (χ0v) is 8.32. The molecule has 0 radical (unpaired) electrons. The van der Waals surface area contributed by atoms with Gasteiger partial charge in [-0.1, -0.05) is 0 Å². The predicted molar refractivity (Wildman–Crippen MR) is 45.5 cm³/mol. The summed E-state index contributed by atoms with van der Waals surface area (Å²) in [6, 6.07) is 0. The Morgan fingerprint density at radius 3 is 2.83 bits per heavy atom. The van der Waals surface area contributed by atoms with Crippen molar-refractivity contribution < 1.29 is 8.78 Å². The minimum absolute atomic E-state index is 0.174. The number of alkyl halides is 3. The lowest BCUT2D eigenvalue weighted by atomic mass is 10.5. The van der Waals surface area contributed by atoms with Gasteiger partial charge in [0.25, 0.3) is 6.43 Å². The Balaban J connectivity index is 2.84. The molecule has 0 bridgehead atoms. The van der Waals surface area contributed by atoms with Crippen LogP contribution in [0.2, 0.25) is 0 Å². The highest BCUT2D eigenvalue weighted by molar-refractivity contribution is 9.10. The Hall–Kier alpha value is -0.160. The molecule has 0 aromatic carbocycles. The maximum Gasteiger partial charge on any atom is 0.257 e. The van der Waals surface area contributed by atoms with E-state index >= 15 is 0 Å². The first kappa shape index (κ1) is 9.92. The molecule has 0 N–H and O–H groups in total. The summed E-state index contributed by atoms with van der Waals surface area (Å²) in [6.07, 6.45) is -0.945. The van der Waals surface area contributed by atoms with Crippen LogP contribution in [-0.4, -0.2) is 16.2 Å². The van der Waals surface area contributed by atoms with Crippen LogP contribution in [0.25, 0.3) is 0 Å². The van der Waals surface area contributed by atoms with Crippen LogP contribution < -0.4 is 0 Å². The lowest BCUT2D eigenvalue weighted by molar-refractivity contribution is 0.121. The monoisotopic (exact) mass is 258 g/mol. The molecule has 0 aliphatic carbocycles. The van der Waals surface area contributed by atoms with Crippen LogP contribution in [0, 0.1) is 0 Å². The zero-order chi connectivity index (χ0) is 9.14. The van der Waals surface area contributed by atoms with Gasteiger partial charge in [0.2, 0.25) is 0 Å². The van der Waals surface area contributed by atoms with Gasteiger partial charge in [-0.05, 0) is 15.9 Å². The summed E-state index contributed by atoms with van der Waals surface area (Å²) < 4.78 is 25.7. The quantitative estimate of drug-likeness (QED) is 0.763. The van der Waals surface area contributed by atoms with E-state index in [4.69, 9.17) is 11.6 Å². The second-order valence-electron chi connectivity index (χ2n) is 2.15. The molecule has 1 aromatic rings. The van der Waals surface area contributed by atoms with Crippen LogP contribution in [0.15, 0.2) is 10.7 Å². The molecule has 1 aromatic heterocycles. The van der Waals surface area contributed by atoms with Crippen LogP contribution >= 0.6 is 27.5 Å². The fourth-order valence-corrected chi connectivity index (χ4v) is 1.69. The Labute approximate surface area is 81.6 Å². The van der Waals surface area contributed by atoms with Crippen molar-refractivity contribution >= 4 is 27.5 Å². The highest BCUT2D eigenvalue weighted by atomic mass is 79.9. The Morgan fingerprint density at radius 1 is 1.67 bits per heavy atom. The number of rotatable bonds is 3. The predicted octanol–water partition coefficient (Wildman–Crippen LogP) is 2.65. The van der Waals surface area contributed by atoms with Crippen LogP contribution in [0.1, 0.15) is 5.69 Å². The van der Waals surface area contributed by atoms with Crippen molar-refractivity contribution in [2.75, 3.05) is 0 Å². The van der Waals surface area contributed by atoms with E-state index in [0.29, 0.717) is 10.2 Å². The van der Waals surface area contributed by atoms with E-state index < -0.39 is 13.0 Å². The smallest absolute Gasteiger partial charge is 0.257 e. The van der Waals surface area contributed by atoms with Crippen LogP contribution in [0.5, 0.6) is 0 Å². The molecule has 0 saturated carbocycles. The standard InChI is InChI=1S/C6H6BrClF2N2/c7-4-2-11-12(3-6(9)10)5(4)1-8/h2,6H,1,3H2. The number of halogens is 4. The molecule has 0 unspecified atom stereocenters. The molecule has 0 fully saturated rings. The molecule has 1 heterocycles. The number of hydrogen-bond acceptors (Lipinski definition) is 1. The van der Waals surface area contributed by atoms with Crippen LogP contribution in [0.4, 0.5) is 8.78 Å². The van der Waals surface area contributed by atoms with Crippen LogP contribution in [0.3, 0.4) is 0 Å². The van der Waals surface area contributed by atoms with Gasteiger partial charge in [-0.3, -0.25) is 4.68 Å². The zero-order valence-electron chi connectivity index (χ0n) is 5.98.